The van der Waals surface area contributed by atoms with Crippen molar-refractivity contribution in [2.45, 2.75) is 51.1 Å². The fourth-order valence-corrected chi connectivity index (χ4v) is 4.05. The second-order valence-electron chi connectivity index (χ2n) is 7.94. The first-order chi connectivity index (χ1) is 14.1. The highest BCUT2D eigenvalue weighted by Gasteiger charge is 2.38. The smallest absolute Gasteiger partial charge is 0.322 e. The molecule has 0 radical (unpaired) electrons. The summed E-state index contributed by atoms with van der Waals surface area (Å²) in [6.07, 6.45) is 5.34. The number of urea groups is 1. The molecule has 1 heterocycles. The molecule has 0 aromatic heterocycles. The lowest BCUT2D eigenvalue weighted by Crippen LogP contribution is -2.50. The van der Waals surface area contributed by atoms with Crippen molar-refractivity contribution in [3.05, 3.63) is 29.8 Å². The SMILES string of the molecule is CCCN1CCC(N(C(=O)Nc2ccccc2C(=O)NCCOC)C2CC2)CC1. The standard InChI is InChI=1S/C22H34N4O3/c1-3-13-25-14-10-18(11-15-25)26(17-8-9-17)22(28)24-20-7-5-4-6-19(20)21(27)23-12-16-29-2/h4-7,17-18H,3,8-16H2,1-2H3,(H,23,27)(H,24,28). The number of rotatable bonds is 9. The Morgan fingerprint density at radius 1 is 1.14 bits per heavy atom. The Kier molecular flexibility index (Phi) is 7.89. The number of para-hydroxylation sites is 1. The van der Waals surface area contributed by atoms with E-state index in [0.29, 0.717) is 30.4 Å². The van der Waals surface area contributed by atoms with Crippen LogP contribution in [0.15, 0.2) is 24.3 Å². The number of likely N-dealkylation sites (tertiary alicyclic amines) is 1. The average Bonchev–Trinajstić information content (AvgIpc) is 3.55. The van der Waals surface area contributed by atoms with Gasteiger partial charge < -0.3 is 25.2 Å². The van der Waals surface area contributed by atoms with Crippen LogP contribution >= 0.6 is 0 Å². The molecule has 0 bridgehead atoms. The number of hydrogen-bond donors (Lipinski definition) is 2. The van der Waals surface area contributed by atoms with Crippen molar-refractivity contribution in [2.24, 2.45) is 0 Å². The first-order valence-corrected chi connectivity index (χ1v) is 10.8. The van der Waals surface area contributed by atoms with E-state index in [2.05, 4.69) is 22.5 Å². The maximum atomic E-state index is 13.2. The van der Waals surface area contributed by atoms with Crippen LogP contribution in [0.3, 0.4) is 0 Å². The van der Waals surface area contributed by atoms with Crippen molar-refractivity contribution >= 4 is 17.6 Å². The fraction of sp³-hybridized carbons (Fsp3) is 0.636. The predicted molar refractivity (Wildman–Crippen MR) is 114 cm³/mol. The minimum atomic E-state index is -0.205. The molecule has 1 saturated carbocycles. The molecule has 0 spiro atoms. The monoisotopic (exact) mass is 402 g/mol. The van der Waals surface area contributed by atoms with Gasteiger partial charge in [0.25, 0.3) is 5.91 Å². The highest BCUT2D eigenvalue weighted by molar-refractivity contribution is 6.03. The zero-order valence-electron chi connectivity index (χ0n) is 17.7. The molecule has 7 nitrogen and oxygen atoms in total. The molecule has 1 aromatic rings. The zero-order chi connectivity index (χ0) is 20.6. The lowest BCUT2D eigenvalue weighted by atomic mass is 10.0. The van der Waals surface area contributed by atoms with E-state index in [1.807, 2.05) is 17.0 Å². The van der Waals surface area contributed by atoms with E-state index < -0.39 is 0 Å². The Morgan fingerprint density at radius 3 is 2.48 bits per heavy atom. The van der Waals surface area contributed by atoms with Gasteiger partial charge in [-0.05, 0) is 50.8 Å². The van der Waals surface area contributed by atoms with Gasteiger partial charge in [0, 0.05) is 38.8 Å². The van der Waals surface area contributed by atoms with Gasteiger partial charge in [-0.3, -0.25) is 4.79 Å². The molecular weight excluding hydrogens is 368 g/mol. The molecular formula is C22H34N4O3. The van der Waals surface area contributed by atoms with Gasteiger partial charge in [-0.2, -0.15) is 0 Å². The van der Waals surface area contributed by atoms with Crippen molar-refractivity contribution in [1.82, 2.24) is 15.1 Å². The van der Waals surface area contributed by atoms with Gasteiger partial charge in [0.2, 0.25) is 0 Å². The Balaban J connectivity index is 1.64. The van der Waals surface area contributed by atoms with Crippen molar-refractivity contribution in [3.63, 3.8) is 0 Å². The third-order valence-corrected chi connectivity index (χ3v) is 5.67. The third kappa shape index (κ3) is 5.93. The fourth-order valence-electron chi connectivity index (χ4n) is 4.05. The summed E-state index contributed by atoms with van der Waals surface area (Å²) in [5.74, 6) is -0.205. The minimum absolute atomic E-state index is 0.0846. The number of piperidine rings is 1. The lowest BCUT2D eigenvalue weighted by Gasteiger charge is -2.38. The largest absolute Gasteiger partial charge is 0.383 e. The molecule has 3 rings (SSSR count). The van der Waals surface area contributed by atoms with Crippen LogP contribution in [0.5, 0.6) is 0 Å². The first-order valence-electron chi connectivity index (χ1n) is 10.8. The van der Waals surface area contributed by atoms with E-state index in [4.69, 9.17) is 4.74 Å². The van der Waals surface area contributed by atoms with Gasteiger partial charge in [0.1, 0.15) is 0 Å². The molecule has 2 aliphatic rings. The van der Waals surface area contributed by atoms with Crippen LogP contribution in [-0.2, 0) is 4.74 Å². The van der Waals surface area contributed by atoms with Crippen LogP contribution in [0.25, 0.3) is 0 Å². The quantitative estimate of drug-likeness (QED) is 0.623. The maximum Gasteiger partial charge on any atom is 0.322 e. The summed E-state index contributed by atoms with van der Waals surface area (Å²) in [4.78, 5) is 30.2. The Labute approximate surface area is 173 Å². The summed E-state index contributed by atoms with van der Waals surface area (Å²) in [7, 11) is 1.60. The number of anilines is 1. The minimum Gasteiger partial charge on any atom is -0.383 e. The van der Waals surface area contributed by atoms with Crippen molar-refractivity contribution in [2.75, 3.05) is 45.2 Å². The normalized spacial score (nSPS) is 17.7. The second kappa shape index (κ2) is 10.6. The Morgan fingerprint density at radius 2 is 1.83 bits per heavy atom. The highest BCUT2D eigenvalue weighted by atomic mass is 16.5. The molecule has 29 heavy (non-hydrogen) atoms. The average molecular weight is 403 g/mol. The number of methoxy groups -OCH3 is 1. The molecule has 3 amide bonds. The molecule has 2 fully saturated rings. The van der Waals surface area contributed by atoms with Gasteiger partial charge in [0.05, 0.1) is 17.9 Å². The summed E-state index contributed by atoms with van der Waals surface area (Å²) in [5.41, 5.74) is 1.03. The van der Waals surface area contributed by atoms with Crippen LogP contribution in [-0.4, -0.2) is 73.7 Å². The summed E-state index contributed by atoms with van der Waals surface area (Å²) >= 11 is 0. The Hall–Kier alpha value is -2.12. The van der Waals surface area contributed by atoms with Crippen LogP contribution in [0, 0.1) is 0 Å². The topological polar surface area (TPSA) is 73.9 Å². The van der Waals surface area contributed by atoms with Gasteiger partial charge >= 0.3 is 6.03 Å². The summed E-state index contributed by atoms with van der Waals surface area (Å²) in [6.45, 7) is 6.32. The van der Waals surface area contributed by atoms with E-state index in [1.165, 1.54) is 6.42 Å². The molecule has 1 aromatic carbocycles. The van der Waals surface area contributed by atoms with Crippen LogP contribution < -0.4 is 10.6 Å². The van der Waals surface area contributed by atoms with Crippen LogP contribution in [0.1, 0.15) is 49.4 Å². The van der Waals surface area contributed by atoms with E-state index in [9.17, 15) is 9.59 Å². The van der Waals surface area contributed by atoms with E-state index in [1.54, 1.807) is 19.2 Å². The summed E-state index contributed by atoms with van der Waals surface area (Å²) < 4.78 is 4.98. The summed E-state index contributed by atoms with van der Waals surface area (Å²) in [6, 6.07) is 7.70. The van der Waals surface area contributed by atoms with Gasteiger partial charge in [-0.15, -0.1) is 0 Å². The summed E-state index contributed by atoms with van der Waals surface area (Å²) in [5, 5.41) is 5.84. The van der Waals surface area contributed by atoms with Crippen LogP contribution in [0.2, 0.25) is 0 Å². The molecule has 7 heteroatoms. The zero-order valence-corrected chi connectivity index (χ0v) is 17.7. The van der Waals surface area contributed by atoms with Crippen molar-refractivity contribution < 1.29 is 14.3 Å². The number of nitrogens with zero attached hydrogens (tertiary/aromatic N) is 2. The van der Waals surface area contributed by atoms with Crippen LogP contribution in [0.4, 0.5) is 10.5 Å². The first kappa shape index (κ1) is 21.6. The van der Waals surface area contributed by atoms with Gasteiger partial charge in [-0.1, -0.05) is 19.1 Å². The Bertz CT molecular complexity index is 684. The molecule has 2 N–H and O–H groups in total. The van der Waals surface area contributed by atoms with Gasteiger partial charge in [0.15, 0.2) is 0 Å². The number of hydrogen-bond acceptors (Lipinski definition) is 4. The molecule has 1 aliphatic heterocycles. The maximum absolute atomic E-state index is 13.2. The van der Waals surface area contributed by atoms with E-state index >= 15 is 0 Å². The van der Waals surface area contributed by atoms with Crippen molar-refractivity contribution in [3.8, 4) is 0 Å². The van der Waals surface area contributed by atoms with E-state index in [0.717, 1.165) is 45.3 Å². The predicted octanol–water partition coefficient (Wildman–Crippen LogP) is 2.93. The number of carbonyl (C=O) groups excluding carboxylic acids is 2. The van der Waals surface area contributed by atoms with E-state index in [-0.39, 0.29) is 18.0 Å². The third-order valence-electron chi connectivity index (χ3n) is 5.67. The number of ether oxygens (including phenoxy) is 1. The highest BCUT2D eigenvalue weighted by Crippen LogP contribution is 2.32. The number of amides is 3. The number of nitrogens with one attached hydrogen (secondary N) is 2. The lowest BCUT2D eigenvalue weighted by molar-refractivity contribution is 0.0938. The molecule has 1 saturated heterocycles. The van der Waals surface area contributed by atoms with Crippen molar-refractivity contribution in [1.29, 1.82) is 0 Å². The molecule has 0 unspecified atom stereocenters. The number of carbonyl (C=O) groups is 2. The molecule has 0 atom stereocenters. The second-order valence-corrected chi connectivity index (χ2v) is 7.94. The number of benzene rings is 1. The molecule has 160 valence electrons. The van der Waals surface area contributed by atoms with Gasteiger partial charge in [-0.25, -0.2) is 4.79 Å². The molecule has 1 aliphatic carbocycles.